The van der Waals surface area contributed by atoms with E-state index in [9.17, 15) is 0 Å². The van der Waals surface area contributed by atoms with Crippen LogP contribution in [0.15, 0.2) is 114 Å². The van der Waals surface area contributed by atoms with Crippen LogP contribution in [0, 0.1) is 0 Å². The van der Waals surface area contributed by atoms with Crippen molar-refractivity contribution in [3.8, 4) is 28.6 Å². The summed E-state index contributed by atoms with van der Waals surface area (Å²) in [5.74, 6) is 2.38. The molecule has 11 nitrogen and oxygen atoms in total. The quantitative estimate of drug-likeness (QED) is 0.129. The zero-order chi connectivity index (χ0) is 36.1. The summed E-state index contributed by atoms with van der Waals surface area (Å²) >= 11 is 0. The minimum atomic E-state index is -4.19. The van der Waals surface area contributed by atoms with Gasteiger partial charge in [-0.15, -0.1) is 5.10 Å². The third-order valence-corrected chi connectivity index (χ3v) is 11.4. The number of fused-ring (bicyclic) bond motifs is 1. The molecule has 0 saturated heterocycles. The number of sulfonamides is 1. The summed E-state index contributed by atoms with van der Waals surface area (Å²) < 4.78 is 49.9. The van der Waals surface area contributed by atoms with Gasteiger partial charge in [-0.2, -0.15) is 4.31 Å². The van der Waals surface area contributed by atoms with Gasteiger partial charge in [-0.05, 0) is 106 Å². The lowest BCUT2D eigenvalue weighted by Crippen LogP contribution is -2.31. The largest absolute Gasteiger partial charge is 0.497 e. The Morgan fingerprint density at radius 1 is 0.731 bits per heavy atom. The molecule has 0 radical (unpaired) electrons. The van der Waals surface area contributed by atoms with Crippen LogP contribution in [-0.4, -0.2) is 59.2 Å². The fourth-order valence-electron chi connectivity index (χ4n) is 6.85. The molecule has 1 atom stereocenters. The molecule has 0 saturated carbocycles. The minimum Gasteiger partial charge on any atom is -0.497 e. The Balaban J connectivity index is 1.38. The molecule has 7 rings (SSSR count). The van der Waals surface area contributed by atoms with Gasteiger partial charge in [-0.25, -0.2) is 13.1 Å². The highest BCUT2D eigenvalue weighted by atomic mass is 32.2. The van der Waals surface area contributed by atoms with Gasteiger partial charge in [0.1, 0.15) is 17.2 Å². The molecular weight excluding hydrogens is 677 g/mol. The number of nitrogens with zero attached hydrogens (tertiary/aromatic N) is 6. The van der Waals surface area contributed by atoms with E-state index in [2.05, 4.69) is 21.6 Å². The predicted octanol–water partition coefficient (Wildman–Crippen LogP) is 6.67. The number of rotatable bonds is 13. The van der Waals surface area contributed by atoms with Crippen LogP contribution in [-0.2, 0) is 36.1 Å². The number of benzene rings is 4. The molecule has 266 valence electrons. The van der Waals surface area contributed by atoms with Gasteiger partial charge in [0.2, 0.25) is 10.0 Å². The van der Waals surface area contributed by atoms with Gasteiger partial charge in [0.05, 0.1) is 32.8 Å². The standard InChI is InChI=1S/C40H40N6O5S/c1-49-31-18-12-28(13-19-31)25-45(26-29-14-20-32(50-2)21-15-29)52(47,48)38-11-5-8-36(34-7-4-10-37-35(34)9-6-24-41-37)39(38)40-42-43-44-46(40)27-30-16-22-33(51-3)23-17-30/h5-6,8-9,11-24,34H,4,7,10,25-27H2,1-3H3. The Morgan fingerprint density at radius 3 is 1.90 bits per heavy atom. The van der Waals surface area contributed by atoms with E-state index in [1.54, 1.807) is 32.1 Å². The number of methoxy groups -OCH3 is 3. The van der Waals surface area contributed by atoms with Gasteiger partial charge < -0.3 is 14.2 Å². The van der Waals surface area contributed by atoms with Crippen molar-refractivity contribution in [2.24, 2.45) is 0 Å². The number of aromatic nitrogens is 5. The zero-order valence-electron chi connectivity index (χ0n) is 29.3. The van der Waals surface area contributed by atoms with Crippen LogP contribution >= 0.6 is 0 Å². The maximum atomic E-state index is 15.3. The second-order valence-corrected chi connectivity index (χ2v) is 14.6. The van der Waals surface area contributed by atoms with Crippen molar-refractivity contribution in [3.05, 3.63) is 143 Å². The van der Waals surface area contributed by atoms with Crippen LogP contribution in [0.5, 0.6) is 17.2 Å². The molecule has 0 N–H and O–H groups in total. The predicted molar refractivity (Wildman–Crippen MR) is 197 cm³/mol. The topological polar surface area (TPSA) is 122 Å². The SMILES string of the molecule is COc1ccc(CN(Cc2ccc(OC)cc2)S(=O)(=O)c2cccc(C3CCCc4ncccc43)c2-c2nnnn2Cc2ccc(OC)cc2)cc1. The molecular formula is C40H40N6O5S. The normalized spacial score (nSPS) is 14.2. The number of tetrazole rings is 1. The van der Waals surface area contributed by atoms with E-state index in [1.807, 2.05) is 97.2 Å². The zero-order valence-corrected chi connectivity index (χ0v) is 30.2. The Morgan fingerprint density at radius 2 is 1.31 bits per heavy atom. The molecule has 4 aromatic carbocycles. The molecule has 1 aliphatic rings. The van der Waals surface area contributed by atoms with Crippen LogP contribution in [0.3, 0.4) is 0 Å². The van der Waals surface area contributed by atoms with Crippen molar-refractivity contribution in [2.45, 2.75) is 49.7 Å². The molecule has 52 heavy (non-hydrogen) atoms. The number of hydrogen-bond acceptors (Lipinski definition) is 9. The molecule has 2 heterocycles. The molecule has 0 spiro atoms. The van der Waals surface area contributed by atoms with E-state index in [0.29, 0.717) is 29.4 Å². The van der Waals surface area contributed by atoms with E-state index >= 15 is 8.42 Å². The highest BCUT2D eigenvalue weighted by Crippen LogP contribution is 2.43. The first-order valence-corrected chi connectivity index (χ1v) is 18.5. The lowest BCUT2D eigenvalue weighted by molar-refractivity contribution is 0.397. The third kappa shape index (κ3) is 7.25. The summed E-state index contributed by atoms with van der Waals surface area (Å²) in [5, 5.41) is 13.0. The smallest absolute Gasteiger partial charge is 0.244 e. The van der Waals surface area contributed by atoms with Crippen molar-refractivity contribution in [2.75, 3.05) is 21.3 Å². The first-order chi connectivity index (χ1) is 25.4. The van der Waals surface area contributed by atoms with Gasteiger partial charge >= 0.3 is 0 Å². The van der Waals surface area contributed by atoms with E-state index in [0.717, 1.165) is 58.5 Å². The summed E-state index contributed by atoms with van der Waals surface area (Å²) in [6, 6.07) is 32.1. The summed E-state index contributed by atoms with van der Waals surface area (Å²) in [7, 11) is 0.639. The molecule has 1 aliphatic carbocycles. The third-order valence-electron chi connectivity index (χ3n) is 9.54. The summed E-state index contributed by atoms with van der Waals surface area (Å²) in [5.41, 5.74) is 6.00. The van der Waals surface area contributed by atoms with Crippen LogP contribution in [0.2, 0.25) is 0 Å². The number of hydrogen-bond donors (Lipinski definition) is 0. The van der Waals surface area contributed by atoms with Crippen LogP contribution in [0.25, 0.3) is 11.4 Å². The van der Waals surface area contributed by atoms with E-state index in [1.165, 1.54) is 4.31 Å². The molecule has 0 fully saturated rings. The van der Waals surface area contributed by atoms with Crippen molar-refractivity contribution in [1.82, 2.24) is 29.5 Å². The average Bonchev–Trinajstić information content (AvgIpc) is 3.65. The monoisotopic (exact) mass is 716 g/mol. The van der Waals surface area contributed by atoms with Crippen LogP contribution in [0.4, 0.5) is 0 Å². The maximum Gasteiger partial charge on any atom is 0.244 e. The average molecular weight is 717 g/mol. The van der Waals surface area contributed by atoms with Gasteiger partial charge in [-0.1, -0.05) is 54.6 Å². The van der Waals surface area contributed by atoms with Gasteiger partial charge in [0.15, 0.2) is 5.82 Å². The first-order valence-electron chi connectivity index (χ1n) is 17.1. The highest BCUT2D eigenvalue weighted by molar-refractivity contribution is 7.89. The Bertz CT molecular complexity index is 2190. The highest BCUT2D eigenvalue weighted by Gasteiger charge is 2.34. The molecule has 0 amide bonds. The van der Waals surface area contributed by atoms with E-state index in [-0.39, 0.29) is 23.9 Å². The van der Waals surface area contributed by atoms with Crippen molar-refractivity contribution >= 4 is 10.0 Å². The fourth-order valence-corrected chi connectivity index (χ4v) is 8.48. The molecule has 12 heteroatoms. The number of aryl methyl sites for hydroxylation is 1. The lowest BCUT2D eigenvalue weighted by atomic mass is 9.79. The summed E-state index contributed by atoms with van der Waals surface area (Å²) in [6.45, 7) is 0.564. The summed E-state index contributed by atoms with van der Waals surface area (Å²) in [6.07, 6.45) is 4.43. The molecule has 6 aromatic rings. The molecule has 1 unspecified atom stereocenters. The van der Waals surface area contributed by atoms with Crippen LogP contribution < -0.4 is 14.2 Å². The second-order valence-electron chi connectivity index (χ2n) is 12.7. The molecule has 2 aromatic heterocycles. The van der Waals surface area contributed by atoms with E-state index < -0.39 is 10.0 Å². The molecule has 0 aliphatic heterocycles. The fraction of sp³-hybridized carbons (Fsp3) is 0.250. The summed E-state index contributed by atoms with van der Waals surface area (Å²) in [4.78, 5) is 4.83. The Labute approximate surface area is 303 Å². The Hall–Kier alpha value is -5.59. The minimum absolute atomic E-state index is 0.106. The number of pyridine rings is 1. The van der Waals surface area contributed by atoms with Crippen molar-refractivity contribution < 1.29 is 22.6 Å². The second kappa shape index (κ2) is 15.3. The van der Waals surface area contributed by atoms with Crippen LogP contribution in [0.1, 0.15) is 52.3 Å². The maximum absolute atomic E-state index is 15.3. The first kappa shape index (κ1) is 34.8. The Kier molecular flexibility index (Phi) is 10.3. The van der Waals surface area contributed by atoms with Gasteiger partial charge in [0, 0.05) is 36.5 Å². The lowest BCUT2D eigenvalue weighted by Gasteiger charge is -2.29. The molecule has 0 bridgehead atoms. The van der Waals surface area contributed by atoms with Crippen molar-refractivity contribution in [1.29, 1.82) is 0 Å². The number of ether oxygens (including phenoxy) is 3. The van der Waals surface area contributed by atoms with Gasteiger partial charge in [-0.3, -0.25) is 4.98 Å². The van der Waals surface area contributed by atoms with E-state index in [4.69, 9.17) is 19.2 Å². The van der Waals surface area contributed by atoms with Gasteiger partial charge in [0.25, 0.3) is 0 Å². The van der Waals surface area contributed by atoms with Crippen molar-refractivity contribution in [3.63, 3.8) is 0 Å².